The van der Waals surface area contributed by atoms with Gasteiger partial charge in [0.15, 0.2) is 0 Å². The molecule has 0 aliphatic rings. The van der Waals surface area contributed by atoms with E-state index in [0.29, 0.717) is 11.0 Å². The number of hydrogen-bond acceptors (Lipinski definition) is 3. The molecule has 0 saturated carbocycles. The van der Waals surface area contributed by atoms with Crippen LogP contribution in [0.1, 0.15) is 39.2 Å². The lowest BCUT2D eigenvalue weighted by Gasteiger charge is -2.17. The number of hydrogen-bond donors (Lipinski definition) is 2. The first-order valence-electron chi connectivity index (χ1n) is 6.02. The lowest BCUT2D eigenvalue weighted by atomic mass is 10.0. The van der Waals surface area contributed by atoms with Gasteiger partial charge in [-0.3, -0.25) is 0 Å². The van der Waals surface area contributed by atoms with Gasteiger partial charge in [0.2, 0.25) is 0 Å². The molecule has 0 saturated heterocycles. The van der Waals surface area contributed by atoms with Crippen LogP contribution in [0.4, 0.5) is 5.82 Å². The molecule has 0 bridgehead atoms. The summed E-state index contributed by atoms with van der Waals surface area (Å²) in [7, 11) is 0. The van der Waals surface area contributed by atoms with E-state index >= 15 is 0 Å². The Morgan fingerprint density at radius 3 is 2.71 bits per heavy atom. The first-order valence-corrected chi connectivity index (χ1v) is 6.43. The highest BCUT2D eigenvalue weighted by atomic mass is 32.1. The third kappa shape index (κ3) is 4.69. The van der Waals surface area contributed by atoms with Crippen LogP contribution >= 0.6 is 12.2 Å². The normalized spacial score (nSPS) is 12.5. The second-order valence-electron chi connectivity index (χ2n) is 4.78. The third-order valence-electron chi connectivity index (χ3n) is 2.63. The molecule has 0 aliphatic heterocycles. The minimum atomic E-state index is 0.375. The maximum absolute atomic E-state index is 5.66. The highest BCUT2D eigenvalue weighted by molar-refractivity contribution is 7.80. The maximum atomic E-state index is 5.66. The minimum Gasteiger partial charge on any atom is -0.389 e. The summed E-state index contributed by atoms with van der Waals surface area (Å²) in [6.07, 6.45) is 4.06. The molecular weight excluding hydrogens is 230 g/mol. The van der Waals surface area contributed by atoms with Crippen molar-refractivity contribution in [2.75, 3.05) is 5.32 Å². The molecule has 0 amide bonds. The molecule has 1 atom stereocenters. The van der Waals surface area contributed by atoms with Gasteiger partial charge in [0.1, 0.15) is 10.8 Å². The van der Waals surface area contributed by atoms with Crippen molar-refractivity contribution in [1.29, 1.82) is 0 Å². The Balaban J connectivity index is 2.64. The Morgan fingerprint density at radius 2 is 2.12 bits per heavy atom. The van der Waals surface area contributed by atoms with Crippen LogP contribution in [0.15, 0.2) is 18.3 Å². The summed E-state index contributed by atoms with van der Waals surface area (Å²) in [5.74, 6) is 1.51. The highest BCUT2D eigenvalue weighted by Gasteiger charge is 2.09. The van der Waals surface area contributed by atoms with E-state index in [9.17, 15) is 0 Å². The SMILES string of the molecule is CC(C)CCC(C)Nc1ncccc1C(N)=S. The largest absolute Gasteiger partial charge is 0.389 e. The van der Waals surface area contributed by atoms with Gasteiger partial charge in [-0.15, -0.1) is 0 Å². The number of thiocarbonyl (C=S) groups is 1. The van der Waals surface area contributed by atoms with Gasteiger partial charge in [-0.25, -0.2) is 4.98 Å². The average molecular weight is 251 g/mol. The van der Waals surface area contributed by atoms with Crippen molar-refractivity contribution in [3.8, 4) is 0 Å². The van der Waals surface area contributed by atoms with Crippen LogP contribution in [0.2, 0.25) is 0 Å². The molecule has 1 rings (SSSR count). The van der Waals surface area contributed by atoms with Crippen LogP contribution in [0.3, 0.4) is 0 Å². The predicted octanol–water partition coefficient (Wildman–Crippen LogP) is 2.95. The van der Waals surface area contributed by atoms with Crippen molar-refractivity contribution in [3.05, 3.63) is 23.9 Å². The van der Waals surface area contributed by atoms with Crippen LogP contribution in [0, 0.1) is 5.92 Å². The highest BCUT2D eigenvalue weighted by Crippen LogP contribution is 2.15. The summed E-state index contributed by atoms with van der Waals surface area (Å²) in [4.78, 5) is 4.67. The van der Waals surface area contributed by atoms with Gasteiger partial charge in [-0.05, 0) is 37.8 Å². The Bertz CT molecular complexity index is 377. The van der Waals surface area contributed by atoms with Crippen molar-refractivity contribution in [2.24, 2.45) is 11.7 Å². The predicted molar refractivity (Wildman–Crippen MR) is 77.3 cm³/mol. The van der Waals surface area contributed by atoms with Crippen molar-refractivity contribution in [2.45, 2.75) is 39.7 Å². The molecule has 17 heavy (non-hydrogen) atoms. The van der Waals surface area contributed by atoms with E-state index in [1.54, 1.807) is 6.20 Å². The quantitative estimate of drug-likeness (QED) is 0.763. The van der Waals surface area contributed by atoms with Gasteiger partial charge in [-0.2, -0.15) is 0 Å². The van der Waals surface area contributed by atoms with E-state index in [2.05, 4.69) is 31.1 Å². The Labute approximate surface area is 109 Å². The van der Waals surface area contributed by atoms with Crippen LogP contribution < -0.4 is 11.1 Å². The van der Waals surface area contributed by atoms with Crippen molar-refractivity contribution in [1.82, 2.24) is 4.98 Å². The summed E-state index contributed by atoms with van der Waals surface area (Å²) >= 11 is 5.01. The first kappa shape index (κ1) is 13.9. The van der Waals surface area contributed by atoms with E-state index in [4.69, 9.17) is 18.0 Å². The Kier molecular flexibility index (Phi) is 5.35. The molecule has 4 heteroatoms. The monoisotopic (exact) mass is 251 g/mol. The van der Waals surface area contributed by atoms with Crippen LogP contribution in [0.5, 0.6) is 0 Å². The van der Waals surface area contributed by atoms with Crippen molar-refractivity contribution >= 4 is 23.0 Å². The van der Waals surface area contributed by atoms with E-state index in [1.165, 1.54) is 6.42 Å². The summed E-state index contributed by atoms with van der Waals surface area (Å²) in [6.45, 7) is 6.61. The number of aromatic nitrogens is 1. The van der Waals surface area contributed by atoms with E-state index in [1.807, 2.05) is 12.1 Å². The van der Waals surface area contributed by atoms with Crippen LogP contribution in [-0.4, -0.2) is 16.0 Å². The topological polar surface area (TPSA) is 50.9 Å². The molecule has 1 unspecified atom stereocenters. The zero-order valence-corrected chi connectivity index (χ0v) is 11.6. The summed E-state index contributed by atoms with van der Waals surface area (Å²) in [6, 6.07) is 4.12. The summed E-state index contributed by atoms with van der Waals surface area (Å²) in [5.41, 5.74) is 6.48. The minimum absolute atomic E-state index is 0.375. The maximum Gasteiger partial charge on any atom is 0.136 e. The number of anilines is 1. The first-order chi connectivity index (χ1) is 8.00. The molecule has 1 aromatic heterocycles. The summed E-state index contributed by atoms with van der Waals surface area (Å²) < 4.78 is 0. The standard InChI is InChI=1S/C13H21N3S/c1-9(2)6-7-10(3)16-13-11(12(14)17)5-4-8-15-13/h4-5,8-10H,6-7H2,1-3H3,(H2,14,17)(H,15,16). The summed E-state index contributed by atoms with van der Waals surface area (Å²) in [5, 5.41) is 3.37. The molecule has 3 nitrogen and oxygen atoms in total. The molecule has 94 valence electrons. The molecule has 3 N–H and O–H groups in total. The van der Waals surface area contributed by atoms with Crippen LogP contribution in [0.25, 0.3) is 0 Å². The number of rotatable bonds is 6. The number of nitrogens with zero attached hydrogens (tertiary/aromatic N) is 1. The average Bonchev–Trinajstić information content (AvgIpc) is 2.27. The van der Waals surface area contributed by atoms with Gasteiger partial charge in [0.25, 0.3) is 0 Å². The Hall–Kier alpha value is -1.16. The lowest BCUT2D eigenvalue weighted by Crippen LogP contribution is -2.20. The van der Waals surface area contributed by atoms with Gasteiger partial charge in [0.05, 0.1) is 5.56 Å². The van der Waals surface area contributed by atoms with Gasteiger partial charge >= 0.3 is 0 Å². The number of nitrogens with two attached hydrogens (primary N) is 1. The molecule has 1 aromatic rings. The second kappa shape index (κ2) is 6.55. The van der Waals surface area contributed by atoms with Crippen molar-refractivity contribution < 1.29 is 0 Å². The fourth-order valence-electron chi connectivity index (χ4n) is 1.61. The third-order valence-corrected chi connectivity index (χ3v) is 2.85. The zero-order valence-electron chi connectivity index (χ0n) is 10.7. The lowest BCUT2D eigenvalue weighted by molar-refractivity contribution is 0.527. The number of nitrogens with one attached hydrogen (secondary N) is 1. The number of pyridine rings is 1. The molecule has 1 heterocycles. The van der Waals surface area contributed by atoms with Gasteiger partial charge in [0, 0.05) is 12.2 Å². The molecular formula is C13H21N3S. The fraction of sp³-hybridized carbons (Fsp3) is 0.538. The smallest absolute Gasteiger partial charge is 0.136 e. The molecule has 0 spiro atoms. The Morgan fingerprint density at radius 1 is 1.41 bits per heavy atom. The zero-order chi connectivity index (χ0) is 12.8. The van der Waals surface area contributed by atoms with Crippen molar-refractivity contribution in [3.63, 3.8) is 0 Å². The molecule has 0 aliphatic carbocycles. The van der Waals surface area contributed by atoms with Gasteiger partial charge in [-0.1, -0.05) is 26.1 Å². The fourth-order valence-corrected chi connectivity index (χ4v) is 1.77. The van der Waals surface area contributed by atoms with E-state index in [-0.39, 0.29) is 0 Å². The second-order valence-corrected chi connectivity index (χ2v) is 5.22. The molecule has 0 fully saturated rings. The van der Waals surface area contributed by atoms with E-state index in [0.717, 1.165) is 23.7 Å². The molecule has 0 aromatic carbocycles. The van der Waals surface area contributed by atoms with Crippen LogP contribution in [-0.2, 0) is 0 Å². The van der Waals surface area contributed by atoms with E-state index < -0.39 is 0 Å². The van der Waals surface area contributed by atoms with Gasteiger partial charge < -0.3 is 11.1 Å². The molecule has 0 radical (unpaired) electrons.